The van der Waals surface area contributed by atoms with Gasteiger partial charge in [-0.25, -0.2) is 4.57 Å². The van der Waals surface area contributed by atoms with E-state index in [9.17, 15) is 9.36 Å². The molecule has 98 valence electrons. The Balaban J connectivity index is -0.000000321. The predicted molar refractivity (Wildman–Crippen MR) is 57.6 cm³/mol. The van der Waals surface area contributed by atoms with Gasteiger partial charge in [0.15, 0.2) is 5.78 Å². The van der Waals surface area contributed by atoms with Crippen LogP contribution in [0.5, 0.6) is 0 Å². The summed E-state index contributed by atoms with van der Waals surface area (Å²) in [5.74, 6) is -1.75. The van der Waals surface area contributed by atoms with Crippen LogP contribution < -0.4 is 34.7 Å². The maximum atomic E-state index is 11.0. The van der Waals surface area contributed by atoms with Gasteiger partial charge in [-0.15, -0.1) is 0 Å². The zero-order valence-electron chi connectivity index (χ0n) is 10.5. The summed E-state index contributed by atoms with van der Waals surface area (Å²) < 4.78 is 14.4. The summed E-state index contributed by atoms with van der Waals surface area (Å²) in [6, 6.07) is 0. The quantitative estimate of drug-likeness (QED) is 0.306. The SMILES string of the molecule is C=C(C)C(=O)C(C)OP(=O)(O)O.C=CC(=O)[O-].[Na+]. The fourth-order valence-electron chi connectivity index (χ4n) is 0.601. The third-order valence-electron chi connectivity index (χ3n) is 1.25. The number of phosphoric acid groups is 1. The average Bonchev–Trinajstić information content (AvgIpc) is 2.14. The first-order valence-corrected chi connectivity index (χ1v) is 5.81. The Morgan fingerprint density at radius 2 is 1.78 bits per heavy atom. The molecule has 0 aromatic rings. The molecule has 0 rings (SSSR count). The van der Waals surface area contributed by atoms with E-state index in [1.165, 1.54) is 13.8 Å². The number of Topliss-reactive ketones (excluding diaryl/α,β-unsaturated/α-hetero) is 1. The summed E-state index contributed by atoms with van der Waals surface area (Å²) in [6.45, 7) is 8.93. The van der Waals surface area contributed by atoms with Crippen LogP contribution in [0.3, 0.4) is 0 Å². The summed E-state index contributed by atoms with van der Waals surface area (Å²) in [6.07, 6.45) is -0.427. The van der Waals surface area contributed by atoms with Crippen LogP contribution in [0.25, 0.3) is 0 Å². The van der Waals surface area contributed by atoms with Crippen LogP contribution in [-0.4, -0.2) is 27.6 Å². The minimum Gasteiger partial charge on any atom is -0.545 e. The number of carboxylic acids is 1. The summed E-state index contributed by atoms with van der Waals surface area (Å²) in [5.41, 5.74) is 0.205. The topological polar surface area (TPSA) is 124 Å². The van der Waals surface area contributed by atoms with E-state index in [2.05, 4.69) is 17.7 Å². The number of hydrogen-bond donors (Lipinski definition) is 2. The molecule has 0 saturated heterocycles. The zero-order valence-corrected chi connectivity index (χ0v) is 13.3. The molecule has 7 nitrogen and oxygen atoms in total. The number of carboxylic acid groups (broad SMARTS) is 1. The monoisotopic (exact) mass is 288 g/mol. The molecule has 0 aromatic heterocycles. The third-order valence-corrected chi connectivity index (χ3v) is 1.84. The van der Waals surface area contributed by atoms with Crippen molar-refractivity contribution in [2.45, 2.75) is 20.0 Å². The molecule has 0 spiro atoms. The Labute approximate surface area is 127 Å². The number of hydrogen-bond acceptors (Lipinski definition) is 5. The van der Waals surface area contributed by atoms with E-state index in [1.807, 2.05) is 0 Å². The molecule has 18 heavy (non-hydrogen) atoms. The molecule has 0 radical (unpaired) electrons. The molecular weight excluding hydrogens is 274 g/mol. The van der Waals surface area contributed by atoms with Gasteiger partial charge < -0.3 is 19.7 Å². The van der Waals surface area contributed by atoms with Gasteiger partial charge in [-0.3, -0.25) is 9.32 Å². The first-order valence-electron chi connectivity index (χ1n) is 4.28. The van der Waals surface area contributed by atoms with Gasteiger partial charge in [0.1, 0.15) is 6.10 Å². The van der Waals surface area contributed by atoms with E-state index in [4.69, 9.17) is 19.7 Å². The minimum atomic E-state index is -4.58. The number of phosphoric ester groups is 1. The first kappa shape index (κ1) is 22.9. The molecule has 0 aliphatic rings. The Kier molecular flexibility index (Phi) is 13.5. The molecule has 0 heterocycles. The predicted octanol–water partition coefficient (Wildman–Crippen LogP) is -3.44. The van der Waals surface area contributed by atoms with Crippen LogP contribution in [0.1, 0.15) is 13.8 Å². The molecule has 0 amide bonds. The van der Waals surface area contributed by atoms with Crippen molar-refractivity contribution in [2.75, 3.05) is 0 Å². The molecule has 0 fully saturated rings. The van der Waals surface area contributed by atoms with Gasteiger partial charge in [0.25, 0.3) is 0 Å². The van der Waals surface area contributed by atoms with Crippen molar-refractivity contribution in [3.63, 3.8) is 0 Å². The number of rotatable bonds is 5. The van der Waals surface area contributed by atoms with Crippen LogP contribution in [-0.2, 0) is 18.7 Å². The van der Waals surface area contributed by atoms with Gasteiger partial charge in [0.2, 0.25) is 0 Å². The van der Waals surface area contributed by atoms with Crippen LogP contribution in [0.4, 0.5) is 0 Å². The fourth-order valence-corrected chi connectivity index (χ4v) is 1.11. The van der Waals surface area contributed by atoms with Gasteiger partial charge >= 0.3 is 37.4 Å². The maximum absolute atomic E-state index is 11.0. The van der Waals surface area contributed by atoms with Crippen molar-refractivity contribution < 1.29 is 63.1 Å². The second-order valence-corrected chi connectivity index (χ2v) is 4.10. The van der Waals surface area contributed by atoms with Gasteiger partial charge in [-0.2, -0.15) is 0 Å². The van der Waals surface area contributed by atoms with Gasteiger partial charge in [0, 0.05) is 0 Å². The van der Waals surface area contributed by atoms with E-state index in [1.54, 1.807) is 0 Å². The van der Waals surface area contributed by atoms with Gasteiger partial charge in [-0.1, -0.05) is 13.2 Å². The van der Waals surface area contributed by atoms with Crippen LogP contribution in [0, 0.1) is 0 Å². The molecule has 0 aliphatic heterocycles. The standard InChI is InChI=1S/C6H11O5P.C3H4O2.Na/c1-4(2)6(7)5(3)11-12(8,9)10;1-2-3(4)5;/h5H,1H2,2-3H3,(H2,8,9,10);2H,1H2,(H,4,5);/q;;+1/p-1. The molecule has 1 unspecified atom stereocenters. The van der Waals surface area contributed by atoms with Crippen molar-refractivity contribution in [2.24, 2.45) is 0 Å². The second-order valence-electron chi connectivity index (χ2n) is 2.91. The van der Waals surface area contributed by atoms with Crippen molar-refractivity contribution in [3.05, 3.63) is 24.8 Å². The van der Waals surface area contributed by atoms with Crippen molar-refractivity contribution in [1.82, 2.24) is 0 Å². The van der Waals surface area contributed by atoms with Crippen LogP contribution >= 0.6 is 7.82 Å². The number of ketones is 1. The van der Waals surface area contributed by atoms with Crippen molar-refractivity contribution in [1.29, 1.82) is 0 Å². The molecule has 0 bridgehead atoms. The van der Waals surface area contributed by atoms with E-state index >= 15 is 0 Å². The Bertz CT molecular complexity index is 360. The minimum absolute atomic E-state index is 0. The first-order chi connectivity index (χ1) is 7.51. The third kappa shape index (κ3) is 15.7. The molecule has 1 atom stereocenters. The van der Waals surface area contributed by atoms with Crippen LogP contribution in [0.15, 0.2) is 24.8 Å². The van der Waals surface area contributed by atoms with Gasteiger partial charge in [-0.05, 0) is 25.5 Å². The Morgan fingerprint density at radius 1 is 1.44 bits per heavy atom. The molecular formula is C9H14NaO7P. The average molecular weight is 288 g/mol. The largest absolute Gasteiger partial charge is 1.00 e. The van der Waals surface area contributed by atoms with E-state index in [0.29, 0.717) is 0 Å². The Morgan fingerprint density at radius 3 is 1.94 bits per heavy atom. The zero-order chi connectivity index (χ0) is 14.2. The number of aliphatic carboxylic acids is 1. The second kappa shape index (κ2) is 10.6. The number of carbonyl (C=O) groups excluding carboxylic acids is 2. The molecule has 0 saturated carbocycles. The normalized spacial score (nSPS) is 11.1. The molecule has 2 N–H and O–H groups in total. The van der Waals surface area contributed by atoms with E-state index in [-0.39, 0.29) is 35.1 Å². The molecule has 0 aliphatic carbocycles. The molecule has 0 aromatic carbocycles. The van der Waals surface area contributed by atoms with Gasteiger partial charge in [0.05, 0.1) is 5.97 Å². The maximum Gasteiger partial charge on any atom is 1.00 e. The summed E-state index contributed by atoms with van der Waals surface area (Å²) in [7, 11) is -4.58. The summed E-state index contributed by atoms with van der Waals surface area (Å²) in [4.78, 5) is 36.7. The smallest absolute Gasteiger partial charge is 0.545 e. The van der Waals surface area contributed by atoms with Crippen molar-refractivity contribution in [3.8, 4) is 0 Å². The van der Waals surface area contributed by atoms with E-state index < -0.39 is 25.7 Å². The Hall–Kier alpha value is -0.270. The fraction of sp³-hybridized carbons (Fsp3) is 0.333. The van der Waals surface area contributed by atoms with Crippen LogP contribution in [0.2, 0.25) is 0 Å². The molecule has 9 heteroatoms. The number of carbonyl (C=O) groups is 2. The summed E-state index contributed by atoms with van der Waals surface area (Å²) in [5, 5.41) is 9.14. The summed E-state index contributed by atoms with van der Waals surface area (Å²) >= 11 is 0. The van der Waals surface area contributed by atoms with Crippen molar-refractivity contribution >= 4 is 19.6 Å². The van der Waals surface area contributed by atoms with E-state index in [0.717, 1.165) is 6.08 Å².